The Morgan fingerprint density at radius 1 is 1.10 bits per heavy atom. The SMILES string of the molecule is COc1ccccc1OCc1nc(C(=O)N[C@H]2CCCC[C@H]2NC(=O)C(C)(C)C)cs1. The monoisotopic (exact) mass is 445 g/mol. The lowest BCUT2D eigenvalue weighted by molar-refractivity contribution is -0.129. The van der Waals surface area contributed by atoms with Crippen molar-refractivity contribution in [2.45, 2.75) is 65.1 Å². The number of thiazole rings is 1. The largest absolute Gasteiger partial charge is 0.493 e. The van der Waals surface area contributed by atoms with Crippen LogP contribution < -0.4 is 20.1 Å². The summed E-state index contributed by atoms with van der Waals surface area (Å²) in [6, 6.07) is 7.25. The Balaban J connectivity index is 1.58. The smallest absolute Gasteiger partial charge is 0.271 e. The first-order valence-electron chi connectivity index (χ1n) is 10.6. The lowest BCUT2D eigenvalue weighted by Gasteiger charge is -2.34. The number of aromatic nitrogens is 1. The number of nitrogens with zero attached hydrogens (tertiary/aromatic N) is 1. The zero-order chi connectivity index (χ0) is 22.4. The lowest BCUT2D eigenvalue weighted by atomic mass is 9.88. The Bertz CT molecular complexity index is 906. The van der Waals surface area contributed by atoms with Crippen LogP contribution in [0.25, 0.3) is 0 Å². The third kappa shape index (κ3) is 6.19. The molecule has 2 aromatic rings. The van der Waals surface area contributed by atoms with E-state index < -0.39 is 5.41 Å². The topological polar surface area (TPSA) is 89.6 Å². The quantitative estimate of drug-likeness (QED) is 0.674. The van der Waals surface area contributed by atoms with Gasteiger partial charge >= 0.3 is 0 Å². The summed E-state index contributed by atoms with van der Waals surface area (Å²) >= 11 is 1.38. The van der Waals surface area contributed by atoms with Gasteiger partial charge in [0.25, 0.3) is 5.91 Å². The van der Waals surface area contributed by atoms with Gasteiger partial charge in [-0.25, -0.2) is 4.98 Å². The third-order valence-electron chi connectivity index (χ3n) is 5.28. The van der Waals surface area contributed by atoms with Gasteiger partial charge in [0, 0.05) is 22.9 Å². The Morgan fingerprint density at radius 3 is 2.39 bits per heavy atom. The van der Waals surface area contributed by atoms with E-state index in [-0.39, 0.29) is 30.5 Å². The molecule has 0 aliphatic heterocycles. The maximum Gasteiger partial charge on any atom is 0.271 e. The Morgan fingerprint density at radius 2 is 1.74 bits per heavy atom. The number of para-hydroxylation sites is 2. The molecule has 8 heteroatoms. The van der Waals surface area contributed by atoms with Crippen molar-refractivity contribution in [1.82, 2.24) is 15.6 Å². The second-order valence-corrected chi connectivity index (χ2v) is 9.70. The van der Waals surface area contributed by atoms with E-state index in [0.717, 1.165) is 25.7 Å². The summed E-state index contributed by atoms with van der Waals surface area (Å²) in [4.78, 5) is 29.6. The summed E-state index contributed by atoms with van der Waals surface area (Å²) in [7, 11) is 1.59. The molecule has 3 rings (SSSR count). The second-order valence-electron chi connectivity index (χ2n) is 8.76. The van der Waals surface area contributed by atoms with Crippen molar-refractivity contribution >= 4 is 23.2 Å². The van der Waals surface area contributed by atoms with Gasteiger partial charge in [0.15, 0.2) is 11.5 Å². The van der Waals surface area contributed by atoms with Gasteiger partial charge in [-0.1, -0.05) is 45.7 Å². The van der Waals surface area contributed by atoms with Crippen LogP contribution in [0.1, 0.15) is 62.0 Å². The molecule has 0 bridgehead atoms. The summed E-state index contributed by atoms with van der Waals surface area (Å²) in [5.41, 5.74) is -0.0906. The molecule has 7 nitrogen and oxygen atoms in total. The van der Waals surface area contributed by atoms with Crippen LogP contribution in [0.4, 0.5) is 0 Å². The van der Waals surface area contributed by atoms with Crippen molar-refractivity contribution in [3.05, 3.63) is 40.3 Å². The molecule has 1 aliphatic carbocycles. The molecule has 1 aliphatic rings. The molecular formula is C23H31N3O4S. The van der Waals surface area contributed by atoms with Crippen LogP contribution >= 0.6 is 11.3 Å². The highest BCUT2D eigenvalue weighted by atomic mass is 32.1. The van der Waals surface area contributed by atoms with E-state index in [1.165, 1.54) is 11.3 Å². The van der Waals surface area contributed by atoms with E-state index in [0.29, 0.717) is 22.2 Å². The van der Waals surface area contributed by atoms with Crippen LogP contribution in [0.5, 0.6) is 11.5 Å². The summed E-state index contributed by atoms with van der Waals surface area (Å²) in [6.45, 7) is 5.93. The van der Waals surface area contributed by atoms with Gasteiger partial charge in [0.05, 0.1) is 7.11 Å². The van der Waals surface area contributed by atoms with Crippen molar-refractivity contribution in [3.63, 3.8) is 0 Å². The summed E-state index contributed by atoms with van der Waals surface area (Å²) in [5.74, 6) is 1.06. The molecule has 0 saturated heterocycles. The molecule has 1 heterocycles. The van der Waals surface area contributed by atoms with Crippen LogP contribution in [0.3, 0.4) is 0 Å². The number of rotatable bonds is 7. The van der Waals surface area contributed by atoms with Crippen LogP contribution in [-0.2, 0) is 11.4 Å². The van der Waals surface area contributed by atoms with Crippen molar-refractivity contribution in [2.75, 3.05) is 7.11 Å². The minimum atomic E-state index is -0.461. The number of methoxy groups -OCH3 is 1. The first-order valence-corrected chi connectivity index (χ1v) is 11.5. The summed E-state index contributed by atoms with van der Waals surface area (Å²) < 4.78 is 11.1. The number of ether oxygens (including phenoxy) is 2. The molecule has 168 valence electrons. The number of carbonyl (C=O) groups is 2. The maximum absolute atomic E-state index is 12.8. The summed E-state index contributed by atoms with van der Waals surface area (Å²) in [6.07, 6.45) is 3.78. The van der Waals surface area contributed by atoms with E-state index in [1.807, 2.05) is 45.0 Å². The molecule has 31 heavy (non-hydrogen) atoms. The molecular weight excluding hydrogens is 414 g/mol. The van der Waals surface area contributed by atoms with Gasteiger partial charge in [-0.2, -0.15) is 0 Å². The van der Waals surface area contributed by atoms with Crippen LogP contribution in [0.2, 0.25) is 0 Å². The molecule has 0 radical (unpaired) electrons. The fraction of sp³-hybridized carbons (Fsp3) is 0.522. The molecule has 2 atom stereocenters. The fourth-order valence-corrected chi connectivity index (χ4v) is 4.15. The predicted octanol–water partition coefficient (Wildman–Crippen LogP) is 3.93. The molecule has 1 aromatic carbocycles. The lowest BCUT2D eigenvalue weighted by Crippen LogP contribution is -2.55. The molecule has 0 unspecified atom stereocenters. The minimum Gasteiger partial charge on any atom is -0.493 e. The van der Waals surface area contributed by atoms with Gasteiger partial charge in [-0.05, 0) is 25.0 Å². The highest BCUT2D eigenvalue weighted by molar-refractivity contribution is 7.09. The second kappa shape index (κ2) is 10.1. The fourth-order valence-electron chi connectivity index (χ4n) is 3.46. The molecule has 1 aromatic heterocycles. The molecule has 2 N–H and O–H groups in total. The van der Waals surface area contributed by atoms with Crippen LogP contribution in [0.15, 0.2) is 29.6 Å². The van der Waals surface area contributed by atoms with Crippen molar-refractivity contribution < 1.29 is 19.1 Å². The highest BCUT2D eigenvalue weighted by Crippen LogP contribution is 2.27. The first kappa shape index (κ1) is 23.1. The van der Waals surface area contributed by atoms with Crippen LogP contribution in [0, 0.1) is 5.41 Å². The number of benzene rings is 1. The average Bonchev–Trinajstić information content (AvgIpc) is 3.22. The van der Waals surface area contributed by atoms with Gasteiger partial charge in [-0.15, -0.1) is 11.3 Å². The standard InChI is InChI=1S/C23H31N3O4S/c1-23(2,3)22(28)26-16-10-6-5-9-15(16)25-21(27)17-14-31-20(24-17)13-30-19-12-8-7-11-18(19)29-4/h7-8,11-12,14-16H,5-6,9-10,13H2,1-4H3,(H,25,27)(H,26,28)/t15-,16+/m0/s1. The Hall–Kier alpha value is -2.61. The van der Waals surface area contributed by atoms with Gasteiger partial charge in [0.2, 0.25) is 5.91 Å². The Labute approximate surface area is 187 Å². The molecule has 1 fully saturated rings. The number of nitrogens with one attached hydrogen (secondary N) is 2. The third-order valence-corrected chi connectivity index (χ3v) is 6.11. The number of hydrogen-bond acceptors (Lipinski definition) is 6. The normalized spacial score (nSPS) is 18.8. The number of amides is 2. The number of carbonyl (C=O) groups excluding carboxylic acids is 2. The summed E-state index contributed by atoms with van der Waals surface area (Å²) in [5, 5.41) is 8.64. The van der Waals surface area contributed by atoms with Gasteiger partial charge < -0.3 is 20.1 Å². The van der Waals surface area contributed by atoms with E-state index in [9.17, 15) is 9.59 Å². The molecule has 2 amide bonds. The van der Waals surface area contributed by atoms with Gasteiger partial charge in [-0.3, -0.25) is 9.59 Å². The Kier molecular flexibility index (Phi) is 7.54. The van der Waals surface area contributed by atoms with Crippen molar-refractivity contribution in [1.29, 1.82) is 0 Å². The van der Waals surface area contributed by atoms with Crippen molar-refractivity contribution in [2.24, 2.45) is 5.41 Å². The van der Waals surface area contributed by atoms with E-state index in [4.69, 9.17) is 9.47 Å². The molecule has 1 saturated carbocycles. The van der Waals surface area contributed by atoms with Gasteiger partial charge in [0.1, 0.15) is 17.3 Å². The van der Waals surface area contributed by atoms with E-state index in [1.54, 1.807) is 12.5 Å². The average molecular weight is 446 g/mol. The van der Waals surface area contributed by atoms with Crippen LogP contribution in [-0.4, -0.2) is 36.0 Å². The minimum absolute atomic E-state index is 0.00285. The van der Waals surface area contributed by atoms with E-state index >= 15 is 0 Å². The highest BCUT2D eigenvalue weighted by Gasteiger charge is 2.31. The predicted molar refractivity (Wildman–Crippen MR) is 121 cm³/mol. The molecule has 0 spiro atoms. The zero-order valence-corrected chi connectivity index (χ0v) is 19.4. The zero-order valence-electron chi connectivity index (χ0n) is 18.6. The maximum atomic E-state index is 12.8. The van der Waals surface area contributed by atoms with E-state index in [2.05, 4.69) is 15.6 Å². The van der Waals surface area contributed by atoms with Crippen molar-refractivity contribution in [3.8, 4) is 11.5 Å². The first-order chi connectivity index (χ1) is 14.8. The number of hydrogen-bond donors (Lipinski definition) is 2.